The van der Waals surface area contributed by atoms with Crippen LogP contribution in [0.3, 0.4) is 0 Å². The molecule has 1 aromatic carbocycles. The van der Waals surface area contributed by atoms with Crippen LogP contribution in [-0.4, -0.2) is 22.5 Å². The van der Waals surface area contributed by atoms with E-state index in [1.807, 2.05) is 0 Å². The van der Waals surface area contributed by atoms with Crippen molar-refractivity contribution in [3.8, 4) is 0 Å². The second-order valence-corrected chi connectivity index (χ2v) is 5.67. The molecule has 1 aliphatic carbocycles. The summed E-state index contributed by atoms with van der Waals surface area (Å²) in [5.74, 6) is -1.22. The highest BCUT2D eigenvalue weighted by molar-refractivity contribution is 9.10. The number of halogens is 1. The number of benzene rings is 1. The number of hydrogen-bond acceptors (Lipinski definition) is 3. The minimum absolute atomic E-state index is 0.160. The molecule has 0 atom stereocenters. The van der Waals surface area contributed by atoms with E-state index in [9.17, 15) is 9.59 Å². The van der Waals surface area contributed by atoms with Gasteiger partial charge in [-0.2, -0.15) is 0 Å². The Hall–Kier alpha value is -1.40. The Balaban J connectivity index is 2.15. The summed E-state index contributed by atoms with van der Waals surface area (Å²) in [4.78, 5) is 23.0. The summed E-state index contributed by atoms with van der Waals surface area (Å²) in [7, 11) is 0. The van der Waals surface area contributed by atoms with Crippen molar-refractivity contribution in [3.05, 3.63) is 28.2 Å². The number of aromatic carboxylic acids is 1. The van der Waals surface area contributed by atoms with Crippen LogP contribution in [0.5, 0.6) is 0 Å². The molecule has 0 unspecified atom stereocenters. The van der Waals surface area contributed by atoms with Gasteiger partial charge in [0, 0.05) is 4.47 Å². The minimum atomic E-state index is -1.01. The van der Waals surface area contributed by atoms with E-state index in [4.69, 9.17) is 10.8 Å². The molecule has 0 aromatic heterocycles. The van der Waals surface area contributed by atoms with Crippen LogP contribution in [0.1, 0.15) is 36.0 Å². The lowest BCUT2D eigenvalue weighted by molar-refractivity contribution is -0.121. The Kier molecular flexibility index (Phi) is 3.91. The number of hydrogen-bond donors (Lipinski definition) is 3. The number of carbonyl (C=O) groups is 2. The molecule has 0 radical (unpaired) electrons. The lowest BCUT2D eigenvalue weighted by atomic mass is 9.98. The number of carbonyl (C=O) groups excluding carboxylic acids is 1. The zero-order valence-corrected chi connectivity index (χ0v) is 11.9. The lowest BCUT2D eigenvalue weighted by Crippen LogP contribution is -2.48. The first-order valence-corrected chi connectivity index (χ1v) is 6.85. The molecule has 0 saturated heterocycles. The fourth-order valence-corrected chi connectivity index (χ4v) is 2.71. The van der Waals surface area contributed by atoms with Gasteiger partial charge in [-0.05, 0) is 47.0 Å². The fourth-order valence-electron chi connectivity index (χ4n) is 2.23. The molecule has 2 rings (SSSR count). The van der Waals surface area contributed by atoms with Crippen molar-refractivity contribution in [2.24, 2.45) is 5.73 Å². The monoisotopic (exact) mass is 326 g/mol. The Morgan fingerprint density at radius 1 is 1.32 bits per heavy atom. The lowest BCUT2D eigenvalue weighted by Gasteiger charge is -2.22. The van der Waals surface area contributed by atoms with Gasteiger partial charge < -0.3 is 16.2 Å². The van der Waals surface area contributed by atoms with E-state index in [0.717, 1.165) is 12.8 Å². The van der Waals surface area contributed by atoms with Crippen molar-refractivity contribution in [2.75, 3.05) is 5.32 Å². The van der Waals surface area contributed by atoms with Gasteiger partial charge in [-0.3, -0.25) is 4.79 Å². The van der Waals surface area contributed by atoms with Gasteiger partial charge in [-0.15, -0.1) is 0 Å². The summed E-state index contributed by atoms with van der Waals surface area (Å²) in [6.45, 7) is 0. The third kappa shape index (κ3) is 2.96. The van der Waals surface area contributed by atoms with Crippen LogP contribution in [0.2, 0.25) is 0 Å². The maximum atomic E-state index is 12.1. The number of anilines is 1. The Morgan fingerprint density at radius 2 is 1.95 bits per heavy atom. The highest BCUT2D eigenvalue weighted by atomic mass is 79.9. The normalized spacial score (nSPS) is 17.2. The molecule has 1 fully saturated rings. The SMILES string of the molecule is NC1(C(=O)Nc2ccc(C(=O)O)cc2Br)CCCC1. The van der Waals surface area contributed by atoms with Gasteiger partial charge in [0.25, 0.3) is 0 Å². The van der Waals surface area contributed by atoms with E-state index < -0.39 is 11.5 Å². The van der Waals surface area contributed by atoms with E-state index in [1.165, 1.54) is 12.1 Å². The third-order valence-electron chi connectivity index (χ3n) is 3.41. The largest absolute Gasteiger partial charge is 0.478 e. The number of carboxylic acids is 1. The van der Waals surface area contributed by atoms with Crippen LogP contribution < -0.4 is 11.1 Å². The van der Waals surface area contributed by atoms with Gasteiger partial charge >= 0.3 is 5.97 Å². The summed E-state index contributed by atoms with van der Waals surface area (Å²) in [5.41, 5.74) is 5.95. The average Bonchev–Trinajstić information content (AvgIpc) is 2.80. The molecule has 102 valence electrons. The van der Waals surface area contributed by atoms with Crippen molar-refractivity contribution in [1.29, 1.82) is 0 Å². The Bertz CT molecular complexity index is 525. The molecule has 0 aliphatic heterocycles. The summed E-state index contributed by atoms with van der Waals surface area (Å²) in [6, 6.07) is 4.46. The standard InChI is InChI=1S/C13H15BrN2O3/c14-9-7-8(11(17)18)3-4-10(9)16-12(19)13(15)5-1-2-6-13/h3-4,7H,1-2,5-6,15H2,(H,16,19)(H,17,18). The molecule has 6 heteroatoms. The van der Waals surface area contributed by atoms with Gasteiger partial charge in [-0.1, -0.05) is 12.8 Å². The first-order valence-electron chi connectivity index (χ1n) is 6.05. The van der Waals surface area contributed by atoms with Crippen molar-refractivity contribution >= 4 is 33.5 Å². The van der Waals surface area contributed by atoms with Gasteiger partial charge in [0.1, 0.15) is 0 Å². The highest BCUT2D eigenvalue weighted by Gasteiger charge is 2.37. The third-order valence-corrected chi connectivity index (χ3v) is 4.07. The maximum absolute atomic E-state index is 12.1. The molecule has 1 amide bonds. The number of nitrogens with one attached hydrogen (secondary N) is 1. The summed E-state index contributed by atoms with van der Waals surface area (Å²) in [5, 5.41) is 11.6. The van der Waals surface area contributed by atoms with Gasteiger partial charge in [0.2, 0.25) is 5.91 Å². The number of nitrogens with two attached hydrogens (primary N) is 1. The molecule has 1 aliphatic rings. The predicted octanol–water partition coefficient (Wildman–Crippen LogP) is 2.36. The molecule has 4 N–H and O–H groups in total. The first kappa shape index (κ1) is 14.0. The van der Waals surface area contributed by atoms with E-state index in [2.05, 4.69) is 21.2 Å². The topological polar surface area (TPSA) is 92.4 Å². The fraction of sp³-hybridized carbons (Fsp3) is 0.385. The molecule has 1 aromatic rings. The van der Waals surface area contributed by atoms with Crippen molar-refractivity contribution in [1.82, 2.24) is 0 Å². The van der Waals surface area contributed by atoms with E-state index in [0.29, 0.717) is 23.0 Å². The predicted molar refractivity (Wildman–Crippen MR) is 75.1 cm³/mol. The number of carboxylic acid groups (broad SMARTS) is 1. The molecule has 1 saturated carbocycles. The first-order chi connectivity index (χ1) is 8.92. The second kappa shape index (κ2) is 5.30. The Morgan fingerprint density at radius 3 is 2.47 bits per heavy atom. The molecule has 5 nitrogen and oxygen atoms in total. The van der Waals surface area contributed by atoms with Crippen LogP contribution in [0.4, 0.5) is 5.69 Å². The van der Waals surface area contributed by atoms with Gasteiger partial charge in [0.05, 0.1) is 16.8 Å². The van der Waals surface area contributed by atoms with E-state index in [-0.39, 0.29) is 11.5 Å². The van der Waals surface area contributed by atoms with Crippen LogP contribution >= 0.6 is 15.9 Å². The van der Waals surface area contributed by atoms with Gasteiger partial charge in [0.15, 0.2) is 0 Å². The molecule has 0 spiro atoms. The highest BCUT2D eigenvalue weighted by Crippen LogP contribution is 2.30. The quantitative estimate of drug-likeness (QED) is 0.794. The van der Waals surface area contributed by atoms with E-state index in [1.54, 1.807) is 6.07 Å². The van der Waals surface area contributed by atoms with Crippen molar-refractivity contribution < 1.29 is 14.7 Å². The van der Waals surface area contributed by atoms with Crippen LogP contribution in [0, 0.1) is 0 Å². The molecule has 19 heavy (non-hydrogen) atoms. The molecule has 0 heterocycles. The van der Waals surface area contributed by atoms with Crippen LogP contribution in [0.15, 0.2) is 22.7 Å². The number of rotatable bonds is 3. The average molecular weight is 327 g/mol. The number of amides is 1. The zero-order valence-electron chi connectivity index (χ0n) is 10.3. The van der Waals surface area contributed by atoms with Gasteiger partial charge in [-0.25, -0.2) is 4.79 Å². The van der Waals surface area contributed by atoms with E-state index >= 15 is 0 Å². The summed E-state index contributed by atoms with van der Waals surface area (Å²) in [6.07, 6.45) is 3.29. The summed E-state index contributed by atoms with van der Waals surface area (Å²) < 4.78 is 0.530. The van der Waals surface area contributed by atoms with Crippen molar-refractivity contribution in [3.63, 3.8) is 0 Å². The zero-order chi connectivity index (χ0) is 14.0. The molecule has 0 bridgehead atoms. The minimum Gasteiger partial charge on any atom is -0.478 e. The summed E-state index contributed by atoms with van der Waals surface area (Å²) >= 11 is 3.25. The smallest absolute Gasteiger partial charge is 0.335 e. The van der Waals surface area contributed by atoms with Crippen molar-refractivity contribution in [2.45, 2.75) is 31.2 Å². The van der Waals surface area contributed by atoms with Crippen LogP contribution in [-0.2, 0) is 4.79 Å². The molecular weight excluding hydrogens is 312 g/mol. The maximum Gasteiger partial charge on any atom is 0.335 e. The van der Waals surface area contributed by atoms with Crippen LogP contribution in [0.25, 0.3) is 0 Å². The molecular formula is C13H15BrN2O3. The second-order valence-electron chi connectivity index (χ2n) is 4.82. The Labute approximate surface area is 119 Å².